The van der Waals surface area contributed by atoms with Crippen molar-refractivity contribution in [2.45, 2.75) is 26.9 Å². The van der Waals surface area contributed by atoms with Gasteiger partial charge in [-0.05, 0) is 54.3 Å². The van der Waals surface area contributed by atoms with Gasteiger partial charge in [0.05, 0.1) is 0 Å². The third kappa shape index (κ3) is 3.23. The second-order valence-corrected chi connectivity index (χ2v) is 7.27. The lowest BCUT2D eigenvalue weighted by Gasteiger charge is -2.10. The highest BCUT2D eigenvalue weighted by Gasteiger charge is 2.19. The van der Waals surface area contributed by atoms with E-state index in [1.165, 1.54) is 0 Å². The highest BCUT2D eigenvalue weighted by atomic mass is 32.1. The SMILES string of the molecule is Cc1cc(C)c(C(=O)[PH](=O)Cc2ccsc2)c(C)c1. The molecule has 0 radical (unpaired) electrons. The van der Waals surface area contributed by atoms with Crippen LogP contribution in [0.1, 0.15) is 32.6 Å². The molecule has 1 atom stereocenters. The van der Waals surface area contributed by atoms with E-state index in [1.807, 2.05) is 49.7 Å². The molecule has 1 aromatic heterocycles. The Morgan fingerprint density at radius 3 is 2.37 bits per heavy atom. The molecule has 0 N–H and O–H groups in total. The summed E-state index contributed by atoms with van der Waals surface area (Å²) in [5, 5.41) is 3.89. The van der Waals surface area contributed by atoms with E-state index < -0.39 is 7.80 Å². The number of hydrogen-bond acceptors (Lipinski definition) is 3. The molecule has 4 heteroatoms. The van der Waals surface area contributed by atoms with Gasteiger partial charge in [-0.2, -0.15) is 11.3 Å². The molecule has 0 bridgehead atoms. The first kappa shape index (κ1) is 14.2. The third-order valence-corrected chi connectivity index (χ3v) is 5.32. The Labute approximate surface area is 118 Å². The van der Waals surface area contributed by atoms with Gasteiger partial charge >= 0.3 is 0 Å². The lowest BCUT2D eigenvalue weighted by Crippen LogP contribution is -2.02. The summed E-state index contributed by atoms with van der Waals surface area (Å²) in [5.41, 5.74) is 4.42. The summed E-state index contributed by atoms with van der Waals surface area (Å²) in [6.07, 6.45) is 0.375. The minimum absolute atomic E-state index is 0.189. The lowest BCUT2D eigenvalue weighted by molar-refractivity contribution is 0.107. The summed E-state index contributed by atoms with van der Waals surface area (Å²) >= 11 is 1.56. The van der Waals surface area contributed by atoms with Gasteiger partial charge in [-0.25, -0.2) is 0 Å². The van der Waals surface area contributed by atoms with E-state index in [-0.39, 0.29) is 5.52 Å². The van der Waals surface area contributed by atoms with Gasteiger partial charge in [-0.3, -0.25) is 4.79 Å². The van der Waals surface area contributed by atoms with Crippen LogP contribution in [0.25, 0.3) is 0 Å². The van der Waals surface area contributed by atoms with Gasteiger partial charge in [-0.15, -0.1) is 0 Å². The molecular weight excluding hydrogens is 275 g/mol. The fraction of sp³-hybridized carbons (Fsp3) is 0.267. The van der Waals surface area contributed by atoms with Crippen molar-refractivity contribution in [2.24, 2.45) is 0 Å². The summed E-state index contributed by atoms with van der Waals surface area (Å²) in [5.74, 6) is 0. The molecule has 19 heavy (non-hydrogen) atoms. The first-order chi connectivity index (χ1) is 8.99. The number of rotatable bonds is 4. The molecule has 2 nitrogen and oxygen atoms in total. The average molecular weight is 292 g/mol. The zero-order valence-corrected chi connectivity index (χ0v) is 13.1. The second kappa shape index (κ2) is 5.85. The van der Waals surface area contributed by atoms with Gasteiger partial charge in [0.2, 0.25) is 5.52 Å². The Hall–Kier alpha value is -1.18. The van der Waals surface area contributed by atoms with Gasteiger partial charge in [0.1, 0.15) is 7.80 Å². The van der Waals surface area contributed by atoms with Gasteiger partial charge < -0.3 is 4.57 Å². The van der Waals surface area contributed by atoms with E-state index >= 15 is 0 Å². The summed E-state index contributed by atoms with van der Waals surface area (Å²) in [7, 11) is -2.28. The number of hydrogen-bond donors (Lipinski definition) is 0. The van der Waals surface area contributed by atoms with Crippen molar-refractivity contribution in [1.29, 1.82) is 0 Å². The van der Waals surface area contributed by atoms with Crippen LogP contribution >= 0.6 is 19.1 Å². The molecule has 2 rings (SSSR count). The second-order valence-electron chi connectivity index (χ2n) is 4.83. The smallest absolute Gasteiger partial charge is 0.219 e. The maximum absolute atomic E-state index is 12.4. The van der Waals surface area contributed by atoms with Crippen LogP contribution in [0.3, 0.4) is 0 Å². The summed E-state index contributed by atoms with van der Waals surface area (Å²) in [4.78, 5) is 12.4. The molecule has 0 aliphatic rings. The van der Waals surface area contributed by atoms with Crippen molar-refractivity contribution in [3.8, 4) is 0 Å². The molecule has 2 aromatic rings. The van der Waals surface area contributed by atoms with Gasteiger partial charge in [-0.1, -0.05) is 17.7 Å². The highest BCUT2D eigenvalue weighted by molar-refractivity contribution is 7.63. The summed E-state index contributed by atoms with van der Waals surface area (Å²) in [6.45, 7) is 5.82. The van der Waals surface area contributed by atoms with E-state index in [4.69, 9.17) is 0 Å². The summed E-state index contributed by atoms with van der Waals surface area (Å²) in [6, 6.07) is 5.87. The number of benzene rings is 1. The van der Waals surface area contributed by atoms with Crippen LogP contribution in [0, 0.1) is 20.8 Å². The molecule has 0 fully saturated rings. The van der Waals surface area contributed by atoms with E-state index in [2.05, 4.69) is 0 Å². The van der Waals surface area contributed by atoms with Crippen LogP contribution in [0.2, 0.25) is 0 Å². The van der Waals surface area contributed by atoms with E-state index in [0.717, 1.165) is 22.3 Å². The van der Waals surface area contributed by atoms with Gasteiger partial charge in [0.25, 0.3) is 0 Å². The monoisotopic (exact) mass is 292 g/mol. The third-order valence-electron chi connectivity index (χ3n) is 3.10. The molecule has 1 unspecified atom stereocenters. The van der Waals surface area contributed by atoms with Crippen molar-refractivity contribution in [3.63, 3.8) is 0 Å². The lowest BCUT2D eigenvalue weighted by atomic mass is 10.0. The average Bonchev–Trinajstić information content (AvgIpc) is 2.80. The van der Waals surface area contributed by atoms with Crippen LogP contribution in [-0.4, -0.2) is 5.52 Å². The topological polar surface area (TPSA) is 34.1 Å². The molecule has 0 aliphatic carbocycles. The molecule has 0 spiro atoms. The van der Waals surface area contributed by atoms with Crippen molar-refractivity contribution in [3.05, 3.63) is 56.8 Å². The van der Waals surface area contributed by atoms with E-state index in [9.17, 15) is 9.36 Å². The van der Waals surface area contributed by atoms with Gasteiger partial charge in [0, 0.05) is 11.7 Å². The molecule has 0 amide bonds. The quantitative estimate of drug-likeness (QED) is 0.773. The Morgan fingerprint density at radius 1 is 1.21 bits per heavy atom. The maximum atomic E-state index is 12.4. The predicted octanol–water partition coefficient (Wildman–Crippen LogP) is 4.57. The number of carbonyl (C=O) groups is 1. The zero-order valence-electron chi connectivity index (χ0n) is 11.3. The molecule has 1 aromatic carbocycles. The minimum Gasteiger partial charge on any atom is -0.318 e. The predicted molar refractivity (Wildman–Crippen MR) is 82.0 cm³/mol. The Bertz CT molecular complexity index is 607. The van der Waals surface area contributed by atoms with Crippen LogP contribution in [0.5, 0.6) is 0 Å². The molecule has 100 valence electrons. The first-order valence-corrected chi connectivity index (χ1v) is 8.71. The van der Waals surface area contributed by atoms with Crippen LogP contribution < -0.4 is 0 Å². The van der Waals surface area contributed by atoms with Crippen LogP contribution in [0.4, 0.5) is 0 Å². The highest BCUT2D eigenvalue weighted by Crippen LogP contribution is 2.34. The fourth-order valence-corrected chi connectivity index (χ4v) is 4.58. The van der Waals surface area contributed by atoms with Crippen molar-refractivity contribution in [2.75, 3.05) is 0 Å². The van der Waals surface area contributed by atoms with Crippen molar-refractivity contribution >= 4 is 24.7 Å². The van der Waals surface area contributed by atoms with E-state index in [1.54, 1.807) is 11.3 Å². The van der Waals surface area contributed by atoms with Crippen LogP contribution in [0.15, 0.2) is 29.0 Å². The normalized spacial score (nSPS) is 12.4. The van der Waals surface area contributed by atoms with Crippen molar-refractivity contribution in [1.82, 2.24) is 0 Å². The van der Waals surface area contributed by atoms with Crippen molar-refractivity contribution < 1.29 is 9.36 Å². The van der Waals surface area contributed by atoms with E-state index in [0.29, 0.717) is 11.7 Å². The maximum Gasteiger partial charge on any atom is 0.219 e. The zero-order chi connectivity index (χ0) is 14.0. The minimum atomic E-state index is -2.28. The Morgan fingerprint density at radius 2 is 1.84 bits per heavy atom. The fourth-order valence-electron chi connectivity index (χ4n) is 2.34. The number of carbonyl (C=O) groups excluding carboxylic acids is 1. The molecular formula is C15H17O2PS. The van der Waals surface area contributed by atoms with Gasteiger partial charge in [0.15, 0.2) is 0 Å². The number of aryl methyl sites for hydroxylation is 3. The summed E-state index contributed by atoms with van der Waals surface area (Å²) < 4.78 is 12.2. The van der Waals surface area contributed by atoms with Crippen LogP contribution in [-0.2, 0) is 10.7 Å². The standard InChI is InChI=1S/C15H17O2PS/c1-10-6-11(2)14(12(3)7-10)15(16)18(17)8-13-4-5-19-9-13/h4-7,9,18H,8H2,1-3H3. The number of thiophene rings is 1. The largest absolute Gasteiger partial charge is 0.318 e. The molecule has 1 heterocycles. The molecule has 0 aliphatic heterocycles. The Kier molecular flexibility index (Phi) is 4.38. The first-order valence-electron chi connectivity index (χ1n) is 6.15. The molecule has 0 saturated carbocycles. The Balaban J connectivity index is 2.27. The molecule has 0 saturated heterocycles.